The Hall–Kier alpha value is -3.98. The van der Waals surface area contributed by atoms with E-state index in [1.54, 1.807) is 17.6 Å². The number of carbonyl (C=O) groups is 3. The third kappa shape index (κ3) is 7.25. The van der Waals surface area contributed by atoms with Gasteiger partial charge < -0.3 is 15.0 Å². The van der Waals surface area contributed by atoms with Gasteiger partial charge in [0.05, 0.1) is 11.8 Å². The standard InChI is InChI=1S/C26H30N4O5/c1-2-3-9-23-27-16-22(30(23)17-19-10-12-20(13-11-19)26(33)34)25(32)28-21(15-24(31)29-35)14-18-7-5-4-6-8-18/h4-8,10-13,16,21,35H,2-3,9,14-15,17H2,1H3,(H,28,32)(H,29,31)(H,33,34). The van der Waals surface area contributed by atoms with Gasteiger partial charge in [0.1, 0.15) is 11.5 Å². The maximum atomic E-state index is 13.3. The Kier molecular flexibility index (Phi) is 9.14. The minimum Gasteiger partial charge on any atom is -0.478 e. The molecule has 35 heavy (non-hydrogen) atoms. The van der Waals surface area contributed by atoms with Gasteiger partial charge in [0.25, 0.3) is 5.91 Å². The van der Waals surface area contributed by atoms with Gasteiger partial charge in [-0.15, -0.1) is 0 Å². The van der Waals surface area contributed by atoms with Crippen LogP contribution in [0.1, 0.15) is 64.0 Å². The third-order valence-corrected chi connectivity index (χ3v) is 5.68. The second kappa shape index (κ2) is 12.5. The number of aromatic nitrogens is 2. The fraction of sp³-hybridized carbons (Fsp3) is 0.308. The van der Waals surface area contributed by atoms with E-state index in [9.17, 15) is 14.4 Å². The van der Waals surface area contributed by atoms with E-state index in [0.717, 1.165) is 29.8 Å². The molecule has 2 aromatic carbocycles. The van der Waals surface area contributed by atoms with Crippen molar-refractivity contribution in [1.29, 1.82) is 0 Å². The molecule has 1 aromatic heterocycles. The number of aryl methyl sites for hydroxylation is 1. The molecule has 9 nitrogen and oxygen atoms in total. The fourth-order valence-corrected chi connectivity index (χ4v) is 3.84. The van der Waals surface area contributed by atoms with Gasteiger partial charge in [-0.25, -0.2) is 15.3 Å². The lowest BCUT2D eigenvalue weighted by Crippen LogP contribution is -2.41. The quantitative estimate of drug-likeness (QED) is 0.233. The van der Waals surface area contributed by atoms with Crippen LogP contribution in [0.2, 0.25) is 0 Å². The van der Waals surface area contributed by atoms with Crippen LogP contribution >= 0.6 is 0 Å². The van der Waals surface area contributed by atoms with Gasteiger partial charge in [0, 0.05) is 25.4 Å². The minimum absolute atomic E-state index is 0.0926. The highest BCUT2D eigenvalue weighted by atomic mass is 16.5. The average Bonchev–Trinajstić information content (AvgIpc) is 3.25. The lowest BCUT2D eigenvalue weighted by atomic mass is 10.0. The molecule has 3 rings (SSSR count). The topological polar surface area (TPSA) is 134 Å². The van der Waals surface area contributed by atoms with Gasteiger partial charge >= 0.3 is 5.97 Å². The van der Waals surface area contributed by atoms with E-state index in [0.29, 0.717) is 25.1 Å². The van der Waals surface area contributed by atoms with E-state index in [1.807, 2.05) is 34.9 Å². The van der Waals surface area contributed by atoms with Crippen LogP contribution in [0.25, 0.3) is 0 Å². The summed E-state index contributed by atoms with van der Waals surface area (Å²) in [6.07, 6.45) is 4.41. The van der Waals surface area contributed by atoms with Gasteiger partial charge in [-0.2, -0.15) is 0 Å². The summed E-state index contributed by atoms with van der Waals surface area (Å²) in [6.45, 7) is 2.42. The predicted octanol–water partition coefficient (Wildman–Crippen LogP) is 3.21. The SMILES string of the molecule is CCCCc1ncc(C(=O)NC(CC(=O)NO)Cc2ccccc2)n1Cc1ccc(C(=O)O)cc1. The van der Waals surface area contributed by atoms with Crippen molar-refractivity contribution in [2.45, 2.75) is 51.6 Å². The highest BCUT2D eigenvalue weighted by Crippen LogP contribution is 2.15. The first kappa shape index (κ1) is 25.6. The fourth-order valence-electron chi connectivity index (χ4n) is 3.84. The minimum atomic E-state index is -1.00. The molecule has 0 fully saturated rings. The first-order chi connectivity index (χ1) is 16.9. The van der Waals surface area contributed by atoms with Gasteiger partial charge in [0.2, 0.25) is 5.91 Å². The normalized spacial score (nSPS) is 11.6. The summed E-state index contributed by atoms with van der Waals surface area (Å²) in [6, 6.07) is 15.4. The van der Waals surface area contributed by atoms with E-state index >= 15 is 0 Å². The number of hydrogen-bond acceptors (Lipinski definition) is 5. The number of nitrogens with zero attached hydrogens (tertiary/aromatic N) is 2. The number of carboxylic acid groups (broad SMARTS) is 1. The molecule has 2 amide bonds. The van der Waals surface area contributed by atoms with Crippen LogP contribution in [-0.2, 0) is 24.2 Å². The Morgan fingerprint density at radius 3 is 2.37 bits per heavy atom. The zero-order valence-corrected chi connectivity index (χ0v) is 19.6. The number of hydrogen-bond donors (Lipinski definition) is 4. The molecule has 0 spiro atoms. The Morgan fingerprint density at radius 1 is 1.03 bits per heavy atom. The zero-order valence-electron chi connectivity index (χ0n) is 19.6. The molecule has 184 valence electrons. The van der Waals surface area contributed by atoms with Gasteiger partial charge in [-0.1, -0.05) is 55.8 Å². The van der Waals surface area contributed by atoms with E-state index in [2.05, 4.69) is 17.2 Å². The lowest BCUT2D eigenvalue weighted by Gasteiger charge is -2.19. The second-order valence-corrected chi connectivity index (χ2v) is 8.35. The molecular formula is C26H30N4O5. The number of hydroxylamine groups is 1. The van der Waals surface area contributed by atoms with Gasteiger partial charge in [-0.05, 0) is 36.1 Å². The van der Waals surface area contributed by atoms with Crippen molar-refractivity contribution < 1.29 is 24.7 Å². The van der Waals surface area contributed by atoms with Gasteiger partial charge in [0.15, 0.2) is 0 Å². The number of carbonyl (C=O) groups excluding carboxylic acids is 2. The molecule has 4 N–H and O–H groups in total. The van der Waals surface area contributed by atoms with Crippen molar-refractivity contribution in [2.75, 3.05) is 0 Å². The van der Waals surface area contributed by atoms with Crippen molar-refractivity contribution in [3.8, 4) is 0 Å². The number of carboxylic acids is 1. The van der Waals surface area contributed by atoms with E-state index < -0.39 is 17.9 Å². The maximum Gasteiger partial charge on any atom is 0.335 e. The van der Waals surface area contributed by atoms with Crippen molar-refractivity contribution in [3.63, 3.8) is 0 Å². The van der Waals surface area contributed by atoms with Crippen LogP contribution in [-0.4, -0.2) is 43.7 Å². The van der Waals surface area contributed by atoms with Crippen LogP contribution in [0.3, 0.4) is 0 Å². The molecule has 0 aliphatic carbocycles. The number of unbranched alkanes of at least 4 members (excludes halogenated alkanes) is 1. The third-order valence-electron chi connectivity index (χ3n) is 5.68. The largest absolute Gasteiger partial charge is 0.478 e. The summed E-state index contributed by atoms with van der Waals surface area (Å²) < 4.78 is 1.83. The maximum absolute atomic E-state index is 13.3. The Morgan fingerprint density at radius 2 is 1.74 bits per heavy atom. The number of benzene rings is 2. The lowest BCUT2D eigenvalue weighted by molar-refractivity contribution is -0.129. The molecule has 0 saturated carbocycles. The average molecular weight is 479 g/mol. The number of imidazole rings is 1. The zero-order chi connectivity index (χ0) is 25.2. The number of nitrogens with one attached hydrogen (secondary N) is 2. The van der Waals surface area contributed by atoms with Crippen LogP contribution in [0, 0.1) is 0 Å². The summed E-state index contributed by atoms with van der Waals surface area (Å²) >= 11 is 0. The summed E-state index contributed by atoms with van der Waals surface area (Å²) in [4.78, 5) is 40.8. The molecule has 0 aliphatic rings. The molecule has 0 bridgehead atoms. The van der Waals surface area contributed by atoms with E-state index in [1.165, 1.54) is 18.3 Å². The van der Waals surface area contributed by atoms with E-state index in [4.69, 9.17) is 10.3 Å². The van der Waals surface area contributed by atoms with Crippen LogP contribution in [0.4, 0.5) is 0 Å². The predicted molar refractivity (Wildman–Crippen MR) is 129 cm³/mol. The Balaban J connectivity index is 1.85. The Labute approximate surface area is 203 Å². The van der Waals surface area contributed by atoms with Crippen molar-refractivity contribution in [1.82, 2.24) is 20.3 Å². The van der Waals surface area contributed by atoms with Crippen molar-refractivity contribution >= 4 is 17.8 Å². The molecule has 1 unspecified atom stereocenters. The smallest absolute Gasteiger partial charge is 0.335 e. The summed E-state index contributed by atoms with van der Waals surface area (Å²) in [5.74, 6) is -1.22. The first-order valence-corrected chi connectivity index (χ1v) is 11.6. The number of amides is 2. The molecule has 3 aromatic rings. The monoisotopic (exact) mass is 478 g/mol. The summed E-state index contributed by atoms with van der Waals surface area (Å²) in [7, 11) is 0. The second-order valence-electron chi connectivity index (χ2n) is 8.35. The van der Waals surface area contributed by atoms with Crippen LogP contribution < -0.4 is 10.8 Å². The van der Waals surface area contributed by atoms with E-state index in [-0.39, 0.29) is 17.9 Å². The van der Waals surface area contributed by atoms with Crippen LogP contribution in [0.5, 0.6) is 0 Å². The number of rotatable bonds is 12. The molecule has 9 heteroatoms. The van der Waals surface area contributed by atoms with Crippen molar-refractivity contribution in [2.24, 2.45) is 0 Å². The van der Waals surface area contributed by atoms with Crippen LogP contribution in [0.15, 0.2) is 60.8 Å². The molecule has 1 atom stereocenters. The molecule has 0 aliphatic heterocycles. The summed E-state index contributed by atoms with van der Waals surface area (Å²) in [5.41, 5.74) is 3.94. The summed E-state index contributed by atoms with van der Waals surface area (Å²) in [5, 5.41) is 21.1. The highest BCUT2D eigenvalue weighted by Gasteiger charge is 2.22. The molecule has 0 saturated heterocycles. The number of aromatic carboxylic acids is 1. The van der Waals surface area contributed by atoms with Gasteiger partial charge in [-0.3, -0.25) is 14.8 Å². The molecule has 0 radical (unpaired) electrons. The molecular weight excluding hydrogens is 448 g/mol. The first-order valence-electron chi connectivity index (χ1n) is 11.6. The molecule has 1 heterocycles. The Bertz CT molecular complexity index is 1140. The van der Waals surface area contributed by atoms with Crippen molar-refractivity contribution in [3.05, 3.63) is 89.0 Å². The highest BCUT2D eigenvalue weighted by molar-refractivity contribution is 5.93.